The predicted octanol–water partition coefficient (Wildman–Crippen LogP) is 4.33. The van der Waals surface area contributed by atoms with Gasteiger partial charge in [-0.2, -0.15) is 0 Å². The first-order valence-corrected chi connectivity index (χ1v) is 8.77. The fourth-order valence-electron chi connectivity index (χ4n) is 2.39. The Kier molecular flexibility index (Phi) is 6.16. The Bertz CT molecular complexity index is 861. The Morgan fingerprint density at radius 3 is 2.15 bits per heavy atom. The highest BCUT2D eigenvalue weighted by Crippen LogP contribution is 2.18. The molecule has 0 saturated heterocycles. The van der Waals surface area contributed by atoms with Crippen LogP contribution in [0.15, 0.2) is 42.5 Å². The number of hydrogen-bond acceptors (Lipinski definition) is 4. The fourth-order valence-corrected chi connectivity index (χ4v) is 2.39. The Morgan fingerprint density at radius 2 is 1.59 bits per heavy atom. The van der Waals surface area contributed by atoms with Gasteiger partial charge in [0.15, 0.2) is 12.4 Å². The molecule has 0 radical (unpaired) electrons. The van der Waals surface area contributed by atoms with Crippen molar-refractivity contribution in [2.75, 3.05) is 11.9 Å². The van der Waals surface area contributed by atoms with Crippen molar-refractivity contribution in [1.29, 1.82) is 0 Å². The molecule has 2 aromatic carbocycles. The molecule has 0 aliphatic heterocycles. The summed E-state index contributed by atoms with van der Waals surface area (Å²) in [7, 11) is 0. The number of ether oxygens (including phenoxy) is 1. The monoisotopic (exact) mass is 367 g/mol. The lowest BCUT2D eigenvalue weighted by molar-refractivity contribution is -0.123. The van der Waals surface area contributed by atoms with Crippen LogP contribution in [-0.2, 0) is 9.53 Å². The lowest BCUT2D eigenvalue weighted by atomic mass is 9.95. The zero-order valence-electron chi connectivity index (χ0n) is 16.4. The van der Waals surface area contributed by atoms with Gasteiger partial charge < -0.3 is 10.1 Å². The molecule has 0 unspecified atom stereocenters. The Hall–Kier alpha value is -2.95. The minimum Gasteiger partial charge on any atom is -0.454 e. The van der Waals surface area contributed by atoms with Gasteiger partial charge in [0.05, 0.1) is 5.56 Å². The molecule has 27 heavy (non-hydrogen) atoms. The quantitative estimate of drug-likeness (QED) is 0.631. The maximum Gasteiger partial charge on any atom is 0.338 e. The first kappa shape index (κ1) is 20.4. The summed E-state index contributed by atoms with van der Waals surface area (Å²) in [5.74, 6) is -0.930. The molecular formula is C22H25NO4. The maximum atomic E-state index is 12.2. The molecule has 1 amide bonds. The van der Waals surface area contributed by atoms with Crippen LogP contribution in [0, 0.1) is 19.3 Å². The first-order valence-electron chi connectivity index (χ1n) is 8.77. The Balaban J connectivity index is 1.96. The van der Waals surface area contributed by atoms with Gasteiger partial charge in [-0.25, -0.2) is 4.79 Å². The molecule has 0 saturated carbocycles. The second kappa shape index (κ2) is 8.16. The van der Waals surface area contributed by atoms with Crippen molar-refractivity contribution >= 4 is 23.3 Å². The van der Waals surface area contributed by atoms with Gasteiger partial charge in [0.25, 0.3) is 0 Å². The third kappa shape index (κ3) is 5.51. The number of anilines is 1. The third-order valence-corrected chi connectivity index (χ3v) is 4.08. The average molecular weight is 367 g/mol. The van der Waals surface area contributed by atoms with Gasteiger partial charge in [-0.15, -0.1) is 0 Å². The van der Waals surface area contributed by atoms with Crippen LogP contribution < -0.4 is 5.32 Å². The number of amides is 1. The number of hydrogen-bond donors (Lipinski definition) is 1. The minimum absolute atomic E-state index is 0.107. The first-order chi connectivity index (χ1) is 12.6. The molecule has 0 aromatic heterocycles. The minimum atomic E-state index is -0.519. The summed E-state index contributed by atoms with van der Waals surface area (Å²) in [6.07, 6.45) is 0. The smallest absolute Gasteiger partial charge is 0.338 e. The fraction of sp³-hybridized carbons (Fsp3) is 0.318. The summed E-state index contributed by atoms with van der Waals surface area (Å²) in [5.41, 5.74) is 2.84. The summed E-state index contributed by atoms with van der Waals surface area (Å²) >= 11 is 0. The summed E-state index contributed by atoms with van der Waals surface area (Å²) in [5, 5.41) is 2.79. The third-order valence-electron chi connectivity index (χ3n) is 4.08. The van der Waals surface area contributed by atoms with Crippen LogP contribution in [0.3, 0.4) is 0 Å². The van der Waals surface area contributed by atoms with E-state index >= 15 is 0 Å². The molecule has 2 aromatic rings. The van der Waals surface area contributed by atoms with E-state index in [4.69, 9.17) is 4.74 Å². The van der Waals surface area contributed by atoms with Gasteiger partial charge >= 0.3 is 5.97 Å². The van der Waals surface area contributed by atoms with E-state index in [0.29, 0.717) is 16.8 Å². The molecule has 0 aliphatic rings. The largest absolute Gasteiger partial charge is 0.454 e. The normalized spacial score (nSPS) is 11.0. The summed E-state index contributed by atoms with van der Waals surface area (Å²) < 4.78 is 5.15. The second-order valence-corrected chi connectivity index (χ2v) is 7.60. The molecule has 0 heterocycles. The van der Waals surface area contributed by atoms with E-state index < -0.39 is 11.4 Å². The molecular weight excluding hydrogens is 342 g/mol. The van der Waals surface area contributed by atoms with Crippen LogP contribution in [0.5, 0.6) is 0 Å². The number of esters is 1. The van der Waals surface area contributed by atoms with Crippen molar-refractivity contribution in [3.05, 3.63) is 64.7 Å². The van der Waals surface area contributed by atoms with E-state index in [2.05, 4.69) is 5.32 Å². The molecule has 0 bridgehead atoms. The SMILES string of the molecule is Cc1ccc(C(=O)OCC(=O)c2ccc(NC(=O)C(C)(C)C)cc2)c(C)c1. The molecule has 142 valence electrons. The summed E-state index contributed by atoms with van der Waals surface area (Å²) in [4.78, 5) is 36.4. The molecule has 2 rings (SSSR count). The second-order valence-electron chi connectivity index (χ2n) is 7.60. The van der Waals surface area contributed by atoms with Crippen molar-refractivity contribution in [3.63, 3.8) is 0 Å². The predicted molar refractivity (Wildman–Crippen MR) is 105 cm³/mol. The highest BCUT2D eigenvalue weighted by Gasteiger charge is 2.21. The van der Waals surface area contributed by atoms with E-state index in [-0.39, 0.29) is 18.3 Å². The molecule has 0 fully saturated rings. The number of Topliss-reactive ketones (excluding diaryl/α,β-unsaturated/α-hetero) is 1. The van der Waals surface area contributed by atoms with Gasteiger partial charge in [0.1, 0.15) is 0 Å². The Morgan fingerprint density at radius 1 is 0.963 bits per heavy atom. The van der Waals surface area contributed by atoms with Gasteiger partial charge in [-0.05, 0) is 49.7 Å². The lowest BCUT2D eigenvalue weighted by Gasteiger charge is -2.17. The average Bonchev–Trinajstić information content (AvgIpc) is 2.59. The zero-order valence-corrected chi connectivity index (χ0v) is 16.4. The number of benzene rings is 2. The van der Waals surface area contributed by atoms with Crippen LogP contribution in [0.2, 0.25) is 0 Å². The summed E-state index contributed by atoms with van der Waals surface area (Å²) in [6, 6.07) is 11.9. The van der Waals surface area contributed by atoms with Crippen LogP contribution in [0.4, 0.5) is 5.69 Å². The van der Waals surface area contributed by atoms with E-state index in [1.165, 1.54) is 0 Å². The molecule has 5 heteroatoms. The number of carbonyl (C=O) groups is 3. The number of aryl methyl sites for hydroxylation is 2. The molecule has 1 N–H and O–H groups in total. The van der Waals surface area contributed by atoms with Crippen LogP contribution >= 0.6 is 0 Å². The molecule has 0 aliphatic carbocycles. The van der Waals surface area contributed by atoms with Gasteiger partial charge in [-0.1, -0.05) is 38.5 Å². The van der Waals surface area contributed by atoms with Crippen LogP contribution in [0.1, 0.15) is 52.6 Å². The number of ketones is 1. The standard InChI is InChI=1S/C22H25NO4/c1-14-6-11-18(15(2)12-14)20(25)27-13-19(24)16-7-9-17(10-8-16)23-21(26)22(3,4)5/h6-12H,13H2,1-5H3,(H,23,26). The van der Waals surface area contributed by atoms with E-state index in [9.17, 15) is 14.4 Å². The topological polar surface area (TPSA) is 72.5 Å². The van der Waals surface area contributed by atoms with Crippen molar-refractivity contribution in [2.45, 2.75) is 34.6 Å². The van der Waals surface area contributed by atoms with Crippen molar-refractivity contribution < 1.29 is 19.1 Å². The van der Waals surface area contributed by atoms with Gasteiger partial charge in [0, 0.05) is 16.7 Å². The maximum absolute atomic E-state index is 12.2. The van der Waals surface area contributed by atoms with E-state index in [1.54, 1.807) is 30.3 Å². The van der Waals surface area contributed by atoms with Crippen LogP contribution in [0.25, 0.3) is 0 Å². The van der Waals surface area contributed by atoms with Crippen molar-refractivity contribution in [1.82, 2.24) is 0 Å². The molecule has 0 atom stereocenters. The van der Waals surface area contributed by atoms with Crippen molar-refractivity contribution in [3.8, 4) is 0 Å². The van der Waals surface area contributed by atoms with E-state index in [1.807, 2.05) is 46.8 Å². The van der Waals surface area contributed by atoms with Crippen LogP contribution in [-0.4, -0.2) is 24.3 Å². The lowest BCUT2D eigenvalue weighted by Crippen LogP contribution is -2.27. The summed E-state index contributed by atoms with van der Waals surface area (Å²) in [6.45, 7) is 8.91. The molecule has 5 nitrogen and oxygen atoms in total. The van der Waals surface area contributed by atoms with Crippen molar-refractivity contribution in [2.24, 2.45) is 5.41 Å². The highest BCUT2D eigenvalue weighted by atomic mass is 16.5. The van der Waals surface area contributed by atoms with E-state index in [0.717, 1.165) is 11.1 Å². The number of rotatable bonds is 5. The Labute approximate surface area is 159 Å². The number of carbonyl (C=O) groups excluding carboxylic acids is 3. The zero-order chi connectivity index (χ0) is 20.2. The van der Waals surface area contributed by atoms with Gasteiger partial charge in [0.2, 0.25) is 5.91 Å². The van der Waals surface area contributed by atoms with Gasteiger partial charge in [-0.3, -0.25) is 9.59 Å². The number of nitrogens with one attached hydrogen (secondary N) is 1. The highest BCUT2D eigenvalue weighted by molar-refractivity contribution is 6.00. The molecule has 0 spiro atoms.